The van der Waals surface area contributed by atoms with E-state index in [4.69, 9.17) is 20.2 Å². The molecule has 7 nitrogen and oxygen atoms in total. The van der Waals surface area contributed by atoms with Gasteiger partial charge in [0.1, 0.15) is 18.2 Å². The van der Waals surface area contributed by atoms with E-state index in [0.717, 1.165) is 5.56 Å². The van der Waals surface area contributed by atoms with Gasteiger partial charge in [-0.25, -0.2) is 9.59 Å². The fourth-order valence-corrected chi connectivity index (χ4v) is 2.89. The van der Waals surface area contributed by atoms with E-state index in [9.17, 15) is 18.0 Å². The van der Waals surface area contributed by atoms with Crippen LogP contribution in [0.3, 0.4) is 0 Å². The van der Waals surface area contributed by atoms with Crippen molar-refractivity contribution in [2.24, 2.45) is 0 Å². The van der Waals surface area contributed by atoms with Gasteiger partial charge in [0.2, 0.25) is 0 Å². The molecule has 24 heavy (non-hydrogen) atoms. The Morgan fingerprint density at radius 3 is 2.21 bits per heavy atom. The van der Waals surface area contributed by atoms with Crippen LogP contribution < -0.4 is 0 Å². The molecule has 0 bridgehead atoms. The van der Waals surface area contributed by atoms with Crippen molar-refractivity contribution >= 4 is 32.0 Å². The van der Waals surface area contributed by atoms with Crippen LogP contribution >= 0.6 is 10.7 Å². The van der Waals surface area contributed by atoms with Crippen molar-refractivity contribution in [3.05, 3.63) is 35.9 Å². The van der Waals surface area contributed by atoms with E-state index in [1.165, 1.54) is 6.92 Å². The van der Waals surface area contributed by atoms with E-state index < -0.39 is 32.9 Å². The van der Waals surface area contributed by atoms with Crippen molar-refractivity contribution in [2.45, 2.75) is 45.9 Å². The van der Waals surface area contributed by atoms with Crippen LogP contribution in [0.2, 0.25) is 0 Å². The SMILES string of the molecule is C[C@H](C(=O)OCc1ccccc1)N(C(=O)OC(C)(C)C)S(=O)(=O)Cl. The second-order valence-electron chi connectivity index (χ2n) is 5.99. The Bertz CT molecular complexity index is 684. The number of esters is 1. The molecular formula is C15H20ClNO6S. The average molecular weight is 378 g/mol. The van der Waals surface area contributed by atoms with Gasteiger partial charge in [-0.2, -0.15) is 12.7 Å². The number of amides is 1. The highest BCUT2D eigenvalue weighted by Gasteiger charge is 2.38. The second-order valence-corrected chi connectivity index (χ2v) is 8.38. The quantitative estimate of drug-likeness (QED) is 0.579. The minimum Gasteiger partial charge on any atom is -0.459 e. The summed E-state index contributed by atoms with van der Waals surface area (Å²) in [7, 11) is 0.735. The zero-order chi connectivity index (χ0) is 18.5. The number of nitrogens with zero attached hydrogens (tertiary/aromatic N) is 1. The van der Waals surface area contributed by atoms with Gasteiger partial charge in [-0.05, 0) is 33.3 Å². The largest absolute Gasteiger partial charge is 0.459 e. The van der Waals surface area contributed by atoms with Gasteiger partial charge in [-0.15, -0.1) is 0 Å². The maximum Gasteiger partial charge on any atom is 0.425 e. The fourth-order valence-electron chi connectivity index (χ4n) is 1.69. The number of hydrogen-bond donors (Lipinski definition) is 0. The Balaban J connectivity index is 2.86. The minimum absolute atomic E-state index is 0.0610. The molecule has 0 aliphatic carbocycles. The molecule has 0 radical (unpaired) electrons. The first kappa shape index (κ1) is 20.2. The molecule has 1 amide bonds. The Hall–Kier alpha value is -1.80. The lowest BCUT2D eigenvalue weighted by atomic mass is 10.2. The number of halogens is 1. The first-order valence-electron chi connectivity index (χ1n) is 7.09. The minimum atomic E-state index is -4.53. The molecule has 9 heteroatoms. The van der Waals surface area contributed by atoms with Gasteiger partial charge in [0, 0.05) is 10.7 Å². The molecule has 1 atom stereocenters. The Morgan fingerprint density at radius 2 is 1.75 bits per heavy atom. The van der Waals surface area contributed by atoms with Crippen LogP contribution in [-0.2, 0) is 30.1 Å². The molecule has 0 aliphatic heterocycles. The van der Waals surface area contributed by atoms with Crippen molar-refractivity contribution in [3.8, 4) is 0 Å². The van der Waals surface area contributed by atoms with Crippen LogP contribution in [-0.4, -0.2) is 36.4 Å². The third-order valence-electron chi connectivity index (χ3n) is 2.73. The number of rotatable bonds is 5. The van der Waals surface area contributed by atoms with E-state index in [1.807, 2.05) is 0 Å². The summed E-state index contributed by atoms with van der Waals surface area (Å²) in [5.41, 5.74) is -0.236. The Labute approximate surface area is 146 Å². The second kappa shape index (κ2) is 7.85. The van der Waals surface area contributed by atoms with Gasteiger partial charge < -0.3 is 9.47 Å². The highest BCUT2D eigenvalue weighted by molar-refractivity contribution is 8.12. The lowest BCUT2D eigenvalue weighted by Gasteiger charge is -2.27. The van der Waals surface area contributed by atoms with Crippen molar-refractivity contribution < 1.29 is 27.5 Å². The zero-order valence-electron chi connectivity index (χ0n) is 13.9. The third-order valence-corrected chi connectivity index (χ3v) is 4.11. The fraction of sp³-hybridized carbons (Fsp3) is 0.467. The predicted octanol–water partition coefficient (Wildman–Crippen LogP) is 2.84. The smallest absolute Gasteiger partial charge is 0.425 e. The molecule has 0 heterocycles. The van der Waals surface area contributed by atoms with Crippen LogP contribution in [0.4, 0.5) is 4.79 Å². The summed E-state index contributed by atoms with van der Waals surface area (Å²) in [5.74, 6) is -0.922. The highest BCUT2D eigenvalue weighted by atomic mass is 35.7. The van der Waals surface area contributed by atoms with Crippen LogP contribution in [0, 0.1) is 0 Å². The van der Waals surface area contributed by atoms with Gasteiger partial charge in [0.25, 0.3) is 0 Å². The maximum absolute atomic E-state index is 12.1. The summed E-state index contributed by atoms with van der Waals surface area (Å²) in [6.45, 7) is 5.80. The standard InChI is InChI=1S/C15H20ClNO6S/c1-11(13(18)22-10-12-8-6-5-7-9-12)17(24(16,20)21)14(19)23-15(2,3)4/h5-9,11H,10H2,1-4H3/t11-/m1/s1. The van der Waals surface area contributed by atoms with Gasteiger partial charge in [0.05, 0.1) is 0 Å². The monoisotopic (exact) mass is 377 g/mol. The first-order chi connectivity index (χ1) is 10.9. The topological polar surface area (TPSA) is 90.0 Å². The molecule has 0 saturated heterocycles. The van der Waals surface area contributed by atoms with Crippen LogP contribution in [0.5, 0.6) is 0 Å². The molecule has 134 valence electrons. The van der Waals surface area contributed by atoms with Gasteiger partial charge in [-0.3, -0.25) is 0 Å². The number of carbonyl (C=O) groups excluding carboxylic acids is 2. The molecule has 0 N–H and O–H groups in total. The Kier molecular flexibility index (Phi) is 6.62. The van der Waals surface area contributed by atoms with Crippen LogP contribution in [0.15, 0.2) is 30.3 Å². The molecule has 0 unspecified atom stereocenters. The van der Waals surface area contributed by atoms with Gasteiger partial charge in [-0.1, -0.05) is 30.3 Å². The zero-order valence-corrected chi connectivity index (χ0v) is 15.4. The van der Waals surface area contributed by atoms with Crippen LogP contribution in [0.25, 0.3) is 0 Å². The molecule has 0 aromatic heterocycles. The van der Waals surface area contributed by atoms with E-state index in [2.05, 4.69) is 0 Å². The molecule has 0 aliphatic rings. The summed E-state index contributed by atoms with van der Waals surface area (Å²) < 4.78 is 33.5. The third kappa shape index (κ3) is 6.37. The predicted molar refractivity (Wildman–Crippen MR) is 88.5 cm³/mol. The Morgan fingerprint density at radius 1 is 1.21 bits per heavy atom. The molecule has 0 fully saturated rings. The van der Waals surface area contributed by atoms with Gasteiger partial charge in [0.15, 0.2) is 0 Å². The van der Waals surface area contributed by atoms with Crippen LogP contribution in [0.1, 0.15) is 33.3 Å². The number of benzene rings is 1. The summed E-state index contributed by atoms with van der Waals surface area (Å²) in [6, 6.07) is 7.35. The molecule has 0 saturated carbocycles. The lowest BCUT2D eigenvalue weighted by molar-refractivity contribution is -0.148. The molecule has 1 rings (SSSR count). The average Bonchev–Trinajstić information content (AvgIpc) is 2.42. The molecule has 1 aromatic carbocycles. The lowest BCUT2D eigenvalue weighted by Crippen LogP contribution is -2.47. The normalized spacial score (nSPS) is 13.0. The number of carbonyl (C=O) groups is 2. The van der Waals surface area contributed by atoms with Crippen molar-refractivity contribution in [3.63, 3.8) is 0 Å². The summed E-state index contributed by atoms with van der Waals surface area (Å²) in [4.78, 5) is 24.1. The maximum atomic E-state index is 12.1. The summed E-state index contributed by atoms with van der Waals surface area (Å²) in [6.07, 6.45) is -1.25. The van der Waals surface area contributed by atoms with Crippen molar-refractivity contribution in [2.75, 3.05) is 0 Å². The number of ether oxygens (including phenoxy) is 2. The molecule has 1 aromatic rings. The summed E-state index contributed by atoms with van der Waals surface area (Å²) >= 11 is 0. The number of hydrogen-bond acceptors (Lipinski definition) is 6. The first-order valence-corrected chi connectivity index (χ1v) is 9.36. The van der Waals surface area contributed by atoms with Crippen molar-refractivity contribution in [1.82, 2.24) is 4.31 Å². The van der Waals surface area contributed by atoms with Crippen molar-refractivity contribution in [1.29, 1.82) is 0 Å². The van der Waals surface area contributed by atoms with Gasteiger partial charge >= 0.3 is 21.3 Å². The molecule has 0 spiro atoms. The van der Waals surface area contributed by atoms with E-state index in [-0.39, 0.29) is 10.9 Å². The summed E-state index contributed by atoms with van der Waals surface area (Å²) in [5, 5.41) is 0. The highest BCUT2D eigenvalue weighted by Crippen LogP contribution is 2.19. The van der Waals surface area contributed by atoms with E-state index in [1.54, 1.807) is 51.1 Å². The van der Waals surface area contributed by atoms with E-state index in [0.29, 0.717) is 0 Å². The molecular weight excluding hydrogens is 358 g/mol. The van der Waals surface area contributed by atoms with E-state index >= 15 is 0 Å².